The summed E-state index contributed by atoms with van der Waals surface area (Å²) in [6, 6.07) is 0.135. The number of piperidine rings is 1. The first kappa shape index (κ1) is 15.3. The van der Waals surface area contributed by atoms with Crippen molar-refractivity contribution in [2.24, 2.45) is 0 Å². The summed E-state index contributed by atoms with van der Waals surface area (Å²) in [6.45, 7) is 5.97. The van der Waals surface area contributed by atoms with E-state index in [4.69, 9.17) is 0 Å². The molecule has 0 bridgehead atoms. The Balaban J connectivity index is 1.98. The average molecular weight is 282 g/mol. The lowest BCUT2D eigenvalue weighted by Gasteiger charge is -2.35. The maximum atomic E-state index is 12.5. The fourth-order valence-corrected chi connectivity index (χ4v) is 3.56. The second-order valence-corrected chi connectivity index (χ2v) is 6.27. The van der Waals surface area contributed by atoms with E-state index in [9.17, 15) is 14.7 Å². The molecule has 2 atom stereocenters. The molecule has 0 radical (unpaired) electrons. The maximum Gasteiger partial charge on any atom is 0.326 e. The Morgan fingerprint density at radius 1 is 1.15 bits per heavy atom. The maximum absolute atomic E-state index is 12.5. The van der Waals surface area contributed by atoms with Gasteiger partial charge >= 0.3 is 5.97 Å². The summed E-state index contributed by atoms with van der Waals surface area (Å²) in [7, 11) is 0. The van der Waals surface area contributed by atoms with Crippen LogP contribution in [-0.2, 0) is 9.59 Å². The second kappa shape index (κ2) is 6.57. The number of nitrogens with zero attached hydrogens (tertiary/aromatic N) is 2. The molecule has 1 N–H and O–H groups in total. The lowest BCUT2D eigenvalue weighted by molar-refractivity contribution is -0.152. The van der Waals surface area contributed by atoms with E-state index in [1.165, 1.54) is 0 Å². The molecule has 1 unspecified atom stereocenters. The SMILES string of the molecule is CC(C)N1CCC[C@H]1CC(=O)N1CCCCC1C(=O)O. The topological polar surface area (TPSA) is 60.9 Å². The van der Waals surface area contributed by atoms with Crippen LogP contribution in [0.4, 0.5) is 0 Å². The number of carbonyl (C=O) groups excluding carboxylic acids is 1. The Bertz CT molecular complexity index is 370. The van der Waals surface area contributed by atoms with Crippen LogP contribution >= 0.6 is 0 Å². The predicted octanol–water partition coefficient (Wildman–Crippen LogP) is 1.72. The standard InChI is InChI=1S/C15H26N2O3/c1-11(2)16-9-5-6-12(16)10-14(18)17-8-4-3-7-13(17)15(19)20/h11-13H,3-10H2,1-2H3,(H,19,20)/t12-,13?/m0/s1. The second-order valence-electron chi connectivity index (χ2n) is 6.27. The Kier molecular flexibility index (Phi) is 5.02. The van der Waals surface area contributed by atoms with Crippen molar-refractivity contribution in [3.8, 4) is 0 Å². The molecular formula is C15H26N2O3. The number of likely N-dealkylation sites (tertiary alicyclic amines) is 2. The third-order valence-corrected chi connectivity index (χ3v) is 4.60. The van der Waals surface area contributed by atoms with Gasteiger partial charge in [-0.2, -0.15) is 0 Å². The number of carbonyl (C=O) groups is 2. The smallest absolute Gasteiger partial charge is 0.326 e. The number of aliphatic carboxylic acids is 1. The summed E-state index contributed by atoms with van der Waals surface area (Å²) in [4.78, 5) is 27.7. The summed E-state index contributed by atoms with van der Waals surface area (Å²) >= 11 is 0. The van der Waals surface area contributed by atoms with E-state index < -0.39 is 12.0 Å². The molecule has 114 valence electrons. The highest BCUT2D eigenvalue weighted by Gasteiger charge is 2.35. The van der Waals surface area contributed by atoms with Gasteiger partial charge in [-0.1, -0.05) is 0 Å². The quantitative estimate of drug-likeness (QED) is 0.853. The number of carboxylic acid groups (broad SMARTS) is 1. The molecule has 2 aliphatic heterocycles. The molecule has 0 aliphatic carbocycles. The summed E-state index contributed by atoms with van der Waals surface area (Å²) < 4.78 is 0. The Labute approximate surface area is 120 Å². The van der Waals surface area contributed by atoms with E-state index in [0.717, 1.165) is 32.2 Å². The van der Waals surface area contributed by atoms with Crippen LogP contribution < -0.4 is 0 Å². The first-order chi connectivity index (χ1) is 9.50. The van der Waals surface area contributed by atoms with Crippen molar-refractivity contribution in [1.82, 2.24) is 9.80 Å². The first-order valence-corrected chi connectivity index (χ1v) is 7.78. The van der Waals surface area contributed by atoms with Crippen molar-refractivity contribution < 1.29 is 14.7 Å². The summed E-state index contributed by atoms with van der Waals surface area (Å²) in [5.41, 5.74) is 0. The molecule has 0 aromatic heterocycles. The lowest BCUT2D eigenvalue weighted by atomic mass is 10.0. The highest BCUT2D eigenvalue weighted by molar-refractivity contribution is 5.84. The first-order valence-electron chi connectivity index (χ1n) is 7.78. The zero-order valence-electron chi connectivity index (χ0n) is 12.5. The van der Waals surface area contributed by atoms with Gasteiger partial charge in [0.1, 0.15) is 6.04 Å². The van der Waals surface area contributed by atoms with E-state index in [1.807, 2.05) is 0 Å². The monoisotopic (exact) mass is 282 g/mol. The van der Waals surface area contributed by atoms with Gasteiger partial charge < -0.3 is 10.0 Å². The van der Waals surface area contributed by atoms with Crippen LogP contribution in [0.3, 0.4) is 0 Å². The van der Waals surface area contributed by atoms with Crippen LogP contribution in [0.5, 0.6) is 0 Å². The third-order valence-electron chi connectivity index (χ3n) is 4.60. The van der Waals surface area contributed by atoms with Crippen LogP contribution in [0.1, 0.15) is 52.4 Å². The van der Waals surface area contributed by atoms with Crippen LogP contribution in [0.25, 0.3) is 0 Å². The van der Waals surface area contributed by atoms with Crippen LogP contribution in [0.2, 0.25) is 0 Å². The molecule has 5 heteroatoms. The Hall–Kier alpha value is -1.10. The van der Waals surface area contributed by atoms with Gasteiger partial charge in [-0.3, -0.25) is 9.69 Å². The van der Waals surface area contributed by atoms with Gasteiger partial charge in [0, 0.05) is 25.0 Å². The Morgan fingerprint density at radius 2 is 1.90 bits per heavy atom. The highest BCUT2D eigenvalue weighted by atomic mass is 16.4. The van der Waals surface area contributed by atoms with Crippen molar-refractivity contribution in [2.75, 3.05) is 13.1 Å². The van der Waals surface area contributed by atoms with E-state index >= 15 is 0 Å². The van der Waals surface area contributed by atoms with Gasteiger partial charge in [-0.15, -0.1) is 0 Å². The minimum atomic E-state index is -0.856. The third kappa shape index (κ3) is 3.32. The van der Waals surface area contributed by atoms with Gasteiger partial charge in [0.2, 0.25) is 5.91 Å². The fraction of sp³-hybridized carbons (Fsp3) is 0.867. The van der Waals surface area contributed by atoms with Crippen molar-refractivity contribution in [1.29, 1.82) is 0 Å². The molecule has 0 aromatic rings. The van der Waals surface area contributed by atoms with E-state index in [-0.39, 0.29) is 5.91 Å². The minimum Gasteiger partial charge on any atom is -0.480 e. The number of amides is 1. The predicted molar refractivity (Wildman–Crippen MR) is 76.5 cm³/mol. The number of hydrogen-bond donors (Lipinski definition) is 1. The largest absolute Gasteiger partial charge is 0.480 e. The molecule has 0 saturated carbocycles. The molecule has 20 heavy (non-hydrogen) atoms. The molecule has 1 amide bonds. The normalized spacial score (nSPS) is 28.1. The van der Waals surface area contributed by atoms with Gasteiger partial charge in [-0.05, 0) is 52.5 Å². The van der Waals surface area contributed by atoms with Crippen molar-refractivity contribution in [3.63, 3.8) is 0 Å². The molecule has 2 fully saturated rings. The average Bonchev–Trinajstić information content (AvgIpc) is 2.87. The zero-order valence-corrected chi connectivity index (χ0v) is 12.5. The lowest BCUT2D eigenvalue weighted by Crippen LogP contribution is -2.49. The molecule has 5 nitrogen and oxygen atoms in total. The van der Waals surface area contributed by atoms with E-state index in [0.29, 0.717) is 31.5 Å². The van der Waals surface area contributed by atoms with E-state index in [1.54, 1.807) is 4.90 Å². The number of rotatable bonds is 4. The molecule has 2 heterocycles. The summed E-state index contributed by atoms with van der Waals surface area (Å²) in [5, 5.41) is 9.25. The zero-order chi connectivity index (χ0) is 14.7. The van der Waals surface area contributed by atoms with Crippen molar-refractivity contribution >= 4 is 11.9 Å². The van der Waals surface area contributed by atoms with Gasteiger partial charge in [0.25, 0.3) is 0 Å². The molecule has 0 spiro atoms. The van der Waals surface area contributed by atoms with Gasteiger partial charge in [-0.25, -0.2) is 4.79 Å². The fourth-order valence-electron chi connectivity index (χ4n) is 3.56. The van der Waals surface area contributed by atoms with E-state index in [2.05, 4.69) is 18.7 Å². The minimum absolute atomic E-state index is 0.0228. The van der Waals surface area contributed by atoms with Crippen molar-refractivity contribution in [3.05, 3.63) is 0 Å². The summed E-state index contributed by atoms with van der Waals surface area (Å²) in [5.74, 6) is -0.833. The molecule has 2 rings (SSSR count). The van der Waals surface area contributed by atoms with Gasteiger partial charge in [0.05, 0.1) is 0 Å². The number of carboxylic acids is 1. The molecular weight excluding hydrogens is 256 g/mol. The highest BCUT2D eigenvalue weighted by Crippen LogP contribution is 2.25. The van der Waals surface area contributed by atoms with Crippen LogP contribution in [0, 0.1) is 0 Å². The van der Waals surface area contributed by atoms with Crippen molar-refractivity contribution in [2.45, 2.75) is 70.5 Å². The Morgan fingerprint density at radius 3 is 2.55 bits per heavy atom. The number of hydrogen-bond acceptors (Lipinski definition) is 3. The molecule has 2 saturated heterocycles. The molecule has 0 aromatic carbocycles. The van der Waals surface area contributed by atoms with Crippen LogP contribution in [0.15, 0.2) is 0 Å². The van der Waals surface area contributed by atoms with Gasteiger partial charge in [0.15, 0.2) is 0 Å². The molecule has 2 aliphatic rings. The van der Waals surface area contributed by atoms with Crippen LogP contribution in [-0.4, -0.2) is 58.0 Å². The summed E-state index contributed by atoms with van der Waals surface area (Å²) in [6.07, 6.45) is 5.09.